The van der Waals surface area contributed by atoms with Crippen LogP contribution in [0.5, 0.6) is 5.75 Å². The molecule has 2 rings (SSSR count). The smallest absolute Gasteiger partial charge is 0.173 e. The van der Waals surface area contributed by atoms with Gasteiger partial charge in [0.25, 0.3) is 0 Å². The van der Waals surface area contributed by atoms with Crippen molar-refractivity contribution in [3.05, 3.63) is 59.1 Å². The van der Waals surface area contributed by atoms with E-state index in [1.807, 2.05) is 43.3 Å². The summed E-state index contributed by atoms with van der Waals surface area (Å²) in [4.78, 5) is 13.1. The van der Waals surface area contributed by atoms with Crippen molar-refractivity contribution in [3.8, 4) is 5.75 Å². The highest BCUT2D eigenvalue weighted by Crippen LogP contribution is 2.27. The van der Waals surface area contributed by atoms with E-state index < -0.39 is 0 Å². The average molecular weight is 307 g/mol. The minimum Gasteiger partial charge on any atom is -0.494 e. The normalized spacial score (nSPS) is 10.3. The summed E-state index contributed by atoms with van der Waals surface area (Å²) in [5, 5.41) is 0.674. The Hall–Kier alpha value is -1.45. The maximum atomic E-state index is 12.2. The molecule has 0 atom stereocenters. The van der Waals surface area contributed by atoms with Crippen molar-refractivity contribution in [1.82, 2.24) is 0 Å². The third kappa shape index (κ3) is 4.02. The summed E-state index contributed by atoms with van der Waals surface area (Å²) in [5.74, 6) is 1.15. The van der Waals surface area contributed by atoms with Gasteiger partial charge in [0.05, 0.1) is 17.4 Å². The van der Waals surface area contributed by atoms with E-state index in [9.17, 15) is 4.79 Å². The Morgan fingerprint density at radius 1 is 1.20 bits per heavy atom. The van der Waals surface area contributed by atoms with Gasteiger partial charge in [-0.05, 0) is 31.2 Å². The number of carbonyl (C=O) groups is 1. The number of ether oxygens (including phenoxy) is 1. The van der Waals surface area contributed by atoms with E-state index >= 15 is 0 Å². The number of rotatable bonds is 6. The molecule has 0 saturated carbocycles. The standard InChI is InChI=1S/C16H15ClO2S/c1-2-19-13-7-5-6-12(10-13)15(18)11-20-16-9-4-3-8-14(16)17/h3-10H,2,11H2,1H3. The molecular weight excluding hydrogens is 292 g/mol. The first-order valence-electron chi connectivity index (χ1n) is 6.34. The zero-order valence-electron chi connectivity index (χ0n) is 11.1. The molecule has 0 amide bonds. The van der Waals surface area contributed by atoms with Gasteiger partial charge in [0, 0.05) is 10.5 Å². The van der Waals surface area contributed by atoms with Crippen molar-refractivity contribution >= 4 is 29.1 Å². The number of thioether (sulfide) groups is 1. The number of hydrogen-bond acceptors (Lipinski definition) is 3. The molecular formula is C16H15ClO2S. The topological polar surface area (TPSA) is 26.3 Å². The Labute approximate surface area is 128 Å². The van der Waals surface area contributed by atoms with Crippen molar-refractivity contribution in [3.63, 3.8) is 0 Å². The van der Waals surface area contributed by atoms with Gasteiger partial charge in [-0.25, -0.2) is 0 Å². The fourth-order valence-electron chi connectivity index (χ4n) is 1.71. The second kappa shape index (κ2) is 7.36. The maximum Gasteiger partial charge on any atom is 0.173 e. The lowest BCUT2D eigenvalue weighted by atomic mass is 10.1. The van der Waals surface area contributed by atoms with Crippen LogP contribution in [-0.2, 0) is 0 Å². The molecule has 0 radical (unpaired) electrons. The summed E-state index contributed by atoms with van der Waals surface area (Å²) in [6.45, 7) is 2.51. The van der Waals surface area contributed by atoms with Gasteiger partial charge in [-0.2, -0.15) is 0 Å². The third-order valence-electron chi connectivity index (χ3n) is 2.66. The Morgan fingerprint density at radius 2 is 2.00 bits per heavy atom. The predicted octanol–water partition coefficient (Wildman–Crippen LogP) is 4.71. The molecule has 0 aromatic heterocycles. The first kappa shape index (κ1) is 14.9. The maximum absolute atomic E-state index is 12.2. The molecule has 0 saturated heterocycles. The first-order valence-corrected chi connectivity index (χ1v) is 7.70. The third-order valence-corrected chi connectivity index (χ3v) is 4.18. The number of halogens is 1. The lowest BCUT2D eigenvalue weighted by molar-refractivity contribution is 0.102. The van der Waals surface area contributed by atoms with Crippen LogP contribution >= 0.6 is 23.4 Å². The highest BCUT2D eigenvalue weighted by molar-refractivity contribution is 8.00. The second-order valence-corrected chi connectivity index (χ2v) is 5.53. The molecule has 0 unspecified atom stereocenters. The summed E-state index contributed by atoms with van der Waals surface area (Å²) in [5.41, 5.74) is 0.663. The molecule has 0 aliphatic rings. The van der Waals surface area contributed by atoms with Gasteiger partial charge in [-0.1, -0.05) is 35.9 Å². The van der Waals surface area contributed by atoms with Gasteiger partial charge in [-0.3, -0.25) is 4.79 Å². The number of hydrogen-bond donors (Lipinski definition) is 0. The predicted molar refractivity (Wildman–Crippen MR) is 84.1 cm³/mol. The van der Waals surface area contributed by atoms with Gasteiger partial charge < -0.3 is 4.74 Å². The Morgan fingerprint density at radius 3 is 2.75 bits per heavy atom. The fraction of sp³-hybridized carbons (Fsp3) is 0.188. The first-order chi connectivity index (χ1) is 9.70. The van der Waals surface area contributed by atoms with Crippen molar-refractivity contribution < 1.29 is 9.53 Å². The molecule has 0 aliphatic carbocycles. The lowest BCUT2D eigenvalue weighted by Crippen LogP contribution is -2.03. The quantitative estimate of drug-likeness (QED) is 0.571. The molecule has 0 spiro atoms. The molecule has 2 aromatic rings. The Kier molecular flexibility index (Phi) is 5.50. The average Bonchev–Trinajstić information content (AvgIpc) is 2.47. The van der Waals surface area contributed by atoms with Crippen LogP contribution in [0.1, 0.15) is 17.3 Å². The summed E-state index contributed by atoms with van der Waals surface area (Å²) in [7, 11) is 0. The van der Waals surface area contributed by atoms with Crippen molar-refractivity contribution in [2.45, 2.75) is 11.8 Å². The van der Waals surface area contributed by atoms with E-state index in [1.54, 1.807) is 12.1 Å². The van der Waals surface area contributed by atoms with E-state index in [1.165, 1.54) is 11.8 Å². The summed E-state index contributed by atoms with van der Waals surface area (Å²) in [6.07, 6.45) is 0. The largest absolute Gasteiger partial charge is 0.494 e. The van der Waals surface area contributed by atoms with Crippen molar-refractivity contribution in [2.75, 3.05) is 12.4 Å². The zero-order valence-corrected chi connectivity index (χ0v) is 12.7. The van der Waals surface area contributed by atoms with Gasteiger partial charge in [0.1, 0.15) is 5.75 Å². The molecule has 0 N–H and O–H groups in total. The van der Waals surface area contributed by atoms with E-state index in [4.69, 9.17) is 16.3 Å². The van der Waals surface area contributed by atoms with Crippen LogP contribution < -0.4 is 4.74 Å². The summed E-state index contributed by atoms with van der Waals surface area (Å²) >= 11 is 7.51. The van der Waals surface area contributed by atoms with Crippen LogP contribution in [0, 0.1) is 0 Å². The SMILES string of the molecule is CCOc1cccc(C(=O)CSc2ccccc2Cl)c1. The Balaban J connectivity index is 2.01. The molecule has 4 heteroatoms. The van der Waals surface area contributed by atoms with Gasteiger partial charge >= 0.3 is 0 Å². The van der Waals surface area contributed by atoms with Crippen LogP contribution in [0.4, 0.5) is 0 Å². The van der Waals surface area contributed by atoms with E-state index in [0.717, 1.165) is 10.6 Å². The van der Waals surface area contributed by atoms with E-state index in [-0.39, 0.29) is 5.78 Å². The zero-order chi connectivity index (χ0) is 14.4. The highest BCUT2D eigenvalue weighted by atomic mass is 35.5. The van der Waals surface area contributed by atoms with E-state index in [0.29, 0.717) is 22.9 Å². The number of carbonyl (C=O) groups excluding carboxylic acids is 1. The van der Waals surface area contributed by atoms with Gasteiger partial charge in [-0.15, -0.1) is 11.8 Å². The fourth-order valence-corrected chi connectivity index (χ4v) is 2.85. The van der Waals surface area contributed by atoms with Crippen LogP contribution in [0.25, 0.3) is 0 Å². The molecule has 2 nitrogen and oxygen atoms in total. The molecule has 0 fully saturated rings. The number of benzene rings is 2. The van der Waals surface area contributed by atoms with Crippen molar-refractivity contribution in [1.29, 1.82) is 0 Å². The molecule has 0 aliphatic heterocycles. The van der Waals surface area contributed by atoms with Crippen LogP contribution in [0.3, 0.4) is 0 Å². The molecule has 20 heavy (non-hydrogen) atoms. The van der Waals surface area contributed by atoms with Crippen LogP contribution in [-0.4, -0.2) is 18.1 Å². The monoisotopic (exact) mass is 306 g/mol. The second-order valence-electron chi connectivity index (χ2n) is 4.10. The highest BCUT2D eigenvalue weighted by Gasteiger charge is 2.09. The Bertz CT molecular complexity index is 599. The minimum absolute atomic E-state index is 0.0662. The molecule has 104 valence electrons. The van der Waals surface area contributed by atoms with E-state index in [2.05, 4.69) is 0 Å². The molecule has 2 aromatic carbocycles. The summed E-state index contributed by atoms with van der Waals surface area (Å²) < 4.78 is 5.40. The van der Waals surface area contributed by atoms with Gasteiger partial charge in [0.2, 0.25) is 0 Å². The summed E-state index contributed by atoms with van der Waals surface area (Å²) in [6, 6.07) is 14.8. The minimum atomic E-state index is 0.0662. The lowest BCUT2D eigenvalue weighted by Gasteiger charge is -2.06. The van der Waals surface area contributed by atoms with Crippen LogP contribution in [0.15, 0.2) is 53.4 Å². The number of ketones is 1. The van der Waals surface area contributed by atoms with Crippen molar-refractivity contribution in [2.24, 2.45) is 0 Å². The molecule has 0 bridgehead atoms. The van der Waals surface area contributed by atoms with Gasteiger partial charge in [0.15, 0.2) is 5.78 Å². The molecule has 0 heterocycles. The number of Topliss-reactive ketones (excluding diaryl/α,β-unsaturated/α-hetero) is 1. The van der Waals surface area contributed by atoms with Crippen LogP contribution in [0.2, 0.25) is 5.02 Å².